The van der Waals surface area contributed by atoms with Crippen LogP contribution in [-0.4, -0.2) is 31.1 Å². The fourth-order valence-electron chi connectivity index (χ4n) is 1.21. The van der Waals surface area contributed by atoms with E-state index in [1.54, 1.807) is 24.3 Å². The van der Waals surface area contributed by atoms with Crippen LogP contribution in [0.25, 0.3) is 0 Å². The summed E-state index contributed by atoms with van der Waals surface area (Å²) >= 11 is 0. The predicted molar refractivity (Wildman–Crippen MR) is 58.1 cm³/mol. The number of nitrogens with one attached hydrogen (secondary N) is 1. The van der Waals surface area contributed by atoms with Crippen LogP contribution >= 0.6 is 0 Å². The van der Waals surface area contributed by atoms with Gasteiger partial charge in [-0.3, -0.25) is 10.1 Å². The van der Waals surface area contributed by atoms with Gasteiger partial charge in [-0.15, -0.1) is 0 Å². The lowest BCUT2D eigenvalue weighted by molar-refractivity contribution is -0.476. The molecule has 0 unspecified atom stereocenters. The molecular weight excluding hydrogens is 212 g/mol. The number of rotatable bonds is 5. The Labute approximate surface area is 92.4 Å². The van der Waals surface area contributed by atoms with Gasteiger partial charge >= 0.3 is 5.97 Å². The third kappa shape index (κ3) is 3.23. The van der Waals surface area contributed by atoms with E-state index in [9.17, 15) is 14.9 Å². The molecule has 0 bridgehead atoms. The number of hydrogen-bond donors (Lipinski definition) is 1. The number of nitrogens with zero attached hydrogens (tertiary/aromatic N) is 1. The number of hydrogen-bond acceptors (Lipinski definition) is 5. The molecule has 0 spiro atoms. The Morgan fingerprint density at radius 1 is 1.50 bits per heavy atom. The van der Waals surface area contributed by atoms with Gasteiger partial charge in [-0.1, -0.05) is 12.1 Å². The molecule has 0 heterocycles. The van der Waals surface area contributed by atoms with Gasteiger partial charge in [0.25, 0.3) is 0 Å². The molecule has 0 aromatic heterocycles. The first kappa shape index (κ1) is 12.0. The second-order valence-corrected chi connectivity index (χ2v) is 3.02. The lowest BCUT2D eigenvalue weighted by atomic mass is 10.2. The fraction of sp³-hybridized carbons (Fsp3) is 0.300. The van der Waals surface area contributed by atoms with Gasteiger partial charge in [-0.05, 0) is 12.1 Å². The maximum atomic E-state index is 11.3. The average molecular weight is 224 g/mol. The van der Waals surface area contributed by atoms with Crippen LogP contribution in [0, 0.1) is 10.1 Å². The Morgan fingerprint density at radius 3 is 2.81 bits per heavy atom. The molecule has 0 atom stereocenters. The molecule has 0 radical (unpaired) electrons. The van der Waals surface area contributed by atoms with Crippen LogP contribution in [0.1, 0.15) is 10.4 Å². The second-order valence-electron chi connectivity index (χ2n) is 3.02. The average Bonchev–Trinajstić information content (AvgIpc) is 2.28. The van der Waals surface area contributed by atoms with Gasteiger partial charge in [-0.2, -0.15) is 0 Å². The number of carbonyl (C=O) groups excluding carboxylic acids is 1. The monoisotopic (exact) mass is 224 g/mol. The van der Waals surface area contributed by atoms with Gasteiger partial charge in [0.2, 0.25) is 6.54 Å². The van der Waals surface area contributed by atoms with E-state index < -0.39 is 10.9 Å². The molecular formula is C10H12N2O4. The van der Waals surface area contributed by atoms with E-state index in [0.717, 1.165) is 0 Å². The first-order valence-corrected chi connectivity index (χ1v) is 4.68. The van der Waals surface area contributed by atoms with Gasteiger partial charge < -0.3 is 10.1 Å². The molecule has 1 aromatic carbocycles. The van der Waals surface area contributed by atoms with Crippen LogP contribution < -0.4 is 5.32 Å². The summed E-state index contributed by atoms with van der Waals surface area (Å²) in [5.74, 6) is -0.468. The number of carbonyl (C=O) groups is 1. The molecule has 6 nitrogen and oxygen atoms in total. The maximum absolute atomic E-state index is 11.3. The number of esters is 1. The van der Waals surface area contributed by atoms with Gasteiger partial charge in [0.1, 0.15) is 0 Å². The van der Waals surface area contributed by atoms with Crippen molar-refractivity contribution in [2.75, 3.05) is 25.5 Å². The lowest BCUT2D eigenvalue weighted by Crippen LogP contribution is -2.15. The van der Waals surface area contributed by atoms with Gasteiger partial charge in [0.15, 0.2) is 0 Å². The van der Waals surface area contributed by atoms with Gasteiger partial charge in [0, 0.05) is 10.6 Å². The molecule has 16 heavy (non-hydrogen) atoms. The van der Waals surface area contributed by atoms with E-state index in [-0.39, 0.29) is 13.1 Å². The number of benzene rings is 1. The van der Waals surface area contributed by atoms with Crippen molar-refractivity contribution in [2.45, 2.75) is 0 Å². The summed E-state index contributed by atoms with van der Waals surface area (Å²) in [4.78, 5) is 21.1. The molecule has 0 aliphatic heterocycles. The Bertz CT molecular complexity index is 392. The van der Waals surface area contributed by atoms with Gasteiger partial charge in [0.05, 0.1) is 19.2 Å². The molecule has 0 fully saturated rings. The van der Waals surface area contributed by atoms with E-state index in [1.807, 2.05) is 0 Å². The minimum Gasteiger partial charge on any atom is -0.465 e. The van der Waals surface area contributed by atoms with E-state index >= 15 is 0 Å². The molecule has 0 aliphatic rings. The molecule has 86 valence electrons. The zero-order valence-corrected chi connectivity index (χ0v) is 8.80. The first-order chi connectivity index (χ1) is 7.65. The standard InChI is InChI=1S/C10H12N2O4/c1-16-10(13)8-4-2-3-5-9(8)11-6-7-12(14)15/h2-5,11H,6-7H2,1H3. The number of ether oxygens (including phenoxy) is 1. The Hall–Kier alpha value is -2.11. The zero-order valence-electron chi connectivity index (χ0n) is 8.80. The number of nitro groups is 1. The van der Waals surface area contributed by atoms with Crippen LogP contribution in [-0.2, 0) is 4.74 Å². The summed E-state index contributed by atoms with van der Waals surface area (Å²) in [7, 11) is 1.29. The number of methoxy groups -OCH3 is 1. The number of para-hydroxylation sites is 1. The Morgan fingerprint density at radius 2 is 2.19 bits per heavy atom. The van der Waals surface area contributed by atoms with Gasteiger partial charge in [-0.25, -0.2) is 4.79 Å². The van der Waals surface area contributed by atoms with Crippen molar-refractivity contribution in [1.29, 1.82) is 0 Å². The molecule has 6 heteroatoms. The minimum absolute atomic E-state index is 0.168. The third-order valence-electron chi connectivity index (χ3n) is 1.94. The first-order valence-electron chi connectivity index (χ1n) is 4.68. The normalized spacial score (nSPS) is 9.56. The summed E-state index contributed by atoms with van der Waals surface area (Å²) < 4.78 is 4.59. The van der Waals surface area contributed by atoms with Crippen LogP contribution in [0.15, 0.2) is 24.3 Å². The van der Waals surface area contributed by atoms with Crippen molar-refractivity contribution in [2.24, 2.45) is 0 Å². The highest BCUT2D eigenvalue weighted by Crippen LogP contribution is 2.15. The molecule has 1 N–H and O–H groups in total. The van der Waals surface area contributed by atoms with E-state index in [4.69, 9.17) is 0 Å². The molecule has 1 rings (SSSR count). The summed E-state index contributed by atoms with van der Waals surface area (Å²) in [5.41, 5.74) is 0.907. The van der Waals surface area contributed by atoms with Crippen molar-refractivity contribution in [3.63, 3.8) is 0 Å². The SMILES string of the molecule is COC(=O)c1ccccc1NCC[N+](=O)[O-]. The summed E-state index contributed by atoms with van der Waals surface area (Å²) in [6.07, 6.45) is 0. The van der Waals surface area contributed by atoms with Crippen molar-refractivity contribution in [3.8, 4) is 0 Å². The number of anilines is 1. The molecule has 0 saturated heterocycles. The van der Waals surface area contributed by atoms with Crippen molar-refractivity contribution in [1.82, 2.24) is 0 Å². The molecule has 1 aromatic rings. The van der Waals surface area contributed by atoms with E-state index in [1.165, 1.54) is 7.11 Å². The predicted octanol–water partition coefficient (Wildman–Crippen LogP) is 1.16. The highest BCUT2D eigenvalue weighted by atomic mass is 16.6. The minimum atomic E-state index is -0.468. The van der Waals surface area contributed by atoms with Crippen LogP contribution in [0.4, 0.5) is 5.69 Å². The fourth-order valence-corrected chi connectivity index (χ4v) is 1.21. The van der Waals surface area contributed by atoms with Crippen molar-refractivity contribution in [3.05, 3.63) is 39.9 Å². The van der Waals surface area contributed by atoms with Crippen LogP contribution in [0.3, 0.4) is 0 Å². The maximum Gasteiger partial charge on any atom is 0.339 e. The van der Waals surface area contributed by atoms with Crippen LogP contribution in [0.5, 0.6) is 0 Å². The summed E-state index contributed by atoms with van der Waals surface area (Å²) in [5, 5.41) is 13.0. The van der Waals surface area contributed by atoms with Crippen molar-refractivity contribution >= 4 is 11.7 Å². The third-order valence-corrected chi connectivity index (χ3v) is 1.94. The summed E-state index contributed by atoms with van der Waals surface area (Å²) in [6.45, 7) is -0.0312. The Kier molecular flexibility index (Phi) is 4.26. The van der Waals surface area contributed by atoms with E-state index in [2.05, 4.69) is 10.1 Å². The van der Waals surface area contributed by atoms with Crippen molar-refractivity contribution < 1.29 is 14.5 Å². The highest BCUT2D eigenvalue weighted by molar-refractivity contribution is 5.95. The topological polar surface area (TPSA) is 81.5 Å². The molecule has 0 amide bonds. The quantitative estimate of drug-likeness (QED) is 0.461. The lowest BCUT2D eigenvalue weighted by Gasteiger charge is -2.08. The largest absolute Gasteiger partial charge is 0.465 e. The summed E-state index contributed by atoms with van der Waals surface area (Å²) in [6, 6.07) is 6.71. The molecule has 0 saturated carbocycles. The van der Waals surface area contributed by atoms with E-state index in [0.29, 0.717) is 11.3 Å². The second kappa shape index (κ2) is 5.69. The highest BCUT2D eigenvalue weighted by Gasteiger charge is 2.10. The Balaban J connectivity index is 2.71. The van der Waals surface area contributed by atoms with Crippen LogP contribution in [0.2, 0.25) is 0 Å². The zero-order chi connectivity index (χ0) is 12.0. The molecule has 0 aliphatic carbocycles. The smallest absolute Gasteiger partial charge is 0.339 e.